The molecule has 0 saturated heterocycles. The van der Waals surface area contributed by atoms with Crippen LogP contribution in [0.3, 0.4) is 0 Å². The summed E-state index contributed by atoms with van der Waals surface area (Å²) < 4.78 is 9.62. The molecule has 0 unspecified atom stereocenters. The van der Waals surface area contributed by atoms with Gasteiger partial charge in [-0.2, -0.15) is 0 Å². The van der Waals surface area contributed by atoms with Gasteiger partial charge in [0, 0.05) is 6.08 Å². The van der Waals surface area contributed by atoms with Crippen LogP contribution in [0, 0.1) is 0 Å². The number of hydrogen-bond donors (Lipinski definition) is 0. The molecule has 0 aromatic rings. The van der Waals surface area contributed by atoms with Gasteiger partial charge >= 0.3 is 5.97 Å². The molecule has 0 fully saturated rings. The second-order valence-corrected chi connectivity index (χ2v) is 2.81. The number of rotatable bonds is 4. The molecule has 1 aliphatic rings. The van der Waals surface area contributed by atoms with Gasteiger partial charge in [-0.15, -0.1) is 0 Å². The lowest BCUT2D eigenvalue weighted by molar-refractivity contribution is -0.147. The highest BCUT2D eigenvalue weighted by Gasteiger charge is 2.24. The first-order chi connectivity index (χ1) is 6.67. The molecule has 1 aliphatic heterocycles. The zero-order valence-corrected chi connectivity index (χ0v) is 8.28. The number of amides is 1. The monoisotopic (exact) mass is 199 g/mol. The third-order valence-electron chi connectivity index (χ3n) is 1.83. The molecule has 0 aliphatic carbocycles. The van der Waals surface area contributed by atoms with Crippen molar-refractivity contribution in [3.8, 4) is 0 Å². The largest absolute Gasteiger partial charge is 0.499 e. The van der Waals surface area contributed by atoms with Crippen molar-refractivity contribution in [1.29, 1.82) is 0 Å². The van der Waals surface area contributed by atoms with E-state index in [9.17, 15) is 9.59 Å². The fourth-order valence-corrected chi connectivity index (χ4v) is 1.16. The summed E-state index contributed by atoms with van der Waals surface area (Å²) >= 11 is 0. The highest BCUT2D eigenvalue weighted by atomic mass is 16.5. The first kappa shape index (κ1) is 10.6. The number of methoxy groups -OCH3 is 1. The van der Waals surface area contributed by atoms with Crippen LogP contribution in [0.1, 0.15) is 6.92 Å². The Hall–Kier alpha value is -1.52. The van der Waals surface area contributed by atoms with Crippen molar-refractivity contribution in [3.05, 3.63) is 11.8 Å². The van der Waals surface area contributed by atoms with E-state index < -0.39 is 5.97 Å². The summed E-state index contributed by atoms with van der Waals surface area (Å²) in [5, 5.41) is 0. The zero-order valence-electron chi connectivity index (χ0n) is 8.28. The summed E-state index contributed by atoms with van der Waals surface area (Å²) in [6.45, 7) is 2.37. The van der Waals surface area contributed by atoms with Crippen LogP contribution >= 0.6 is 0 Å². The molecule has 78 valence electrons. The number of carbonyl (C=O) groups excluding carboxylic acids is 2. The van der Waals surface area contributed by atoms with E-state index in [2.05, 4.69) is 0 Å². The Morgan fingerprint density at radius 2 is 2.36 bits per heavy atom. The smallest absolute Gasteiger partial charge is 0.325 e. The van der Waals surface area contributed by atoms with Crippen molar-refractivity contribution in [2.75, 3.05) is 26.8 Å². The number of hydrogen-bond acceptors (Lipinski definition) is 4. The normalized spacial score (nSPS) is 15.4. The average molecular weight is 199 g/mol. The molecule has 1 amide bonds. The molecule has 5 nitrogen and oxygen atoms in total. The quantitative estimate of drug-likeness (QED) is 0.594. The second-order valence-electron chi connectivity index (χ2n) is 2.81. The van der Waals surface area contributed by atoms with Gasteiger partial charge in [-0.1, -0.05) is 0 Å². The predicted molar refractivity (Wildman–Crippen MR) is 48.3 cm³/mol. The van der Waals surface area contributed by atoms with Crippen LogP contribution < -0.4 is 0 Å². The molecule has 0 spiro atoms. The third-order valence-corrected chi connectivity index (χ3v) is 1.83. The third kappa shape index (κ3) is 2.48. The highest BCUT2D eigenvalue weighted by molar-refractivity contribution is 5.93. The van der Waals surface area contributed by atoms with Crippen LogP contribution in [0.15, 0.2) is 11.8 Å². The molecule has 14 heavy (non-hydrogen) atoms. The summed E-state index contributed by atoms with van der Waals surface area (Å²) in [6.07, 6.45) is 1.37. The molecule has 0 aromatic carbocycles. The molecule has 1 heterocycles. The maximum atomic E-state index is 11.2. The molecule has 0 saturated carbocycles. The Balaban J connectivity index is 2.42. The fourth-order valence-electron chi connectivity index (χ4n) is 1.16. The molecule has 0 bridgehead atoms. The van der Waals surface area contributed by atoms with E-state index in [1.54, 1.807) is 6.92 Å². The Morgan fingerprint density at radius 3 is 2.86 bits per heavy atom. The molecule has 0 radical (unpaired) electrons. The van der Waals surface area contributed by atoms with E-state index in [1.807, 2.05) is 0 Å². The molecular formula is C9H13NO4. The van der Waals surface area contributed by atoms with Crippen LogP contribution in [0.25, 0.3) is 0 Å². The topological polar surface area (TPSA) is 55.8 Å². The standard InChI is InChI=1S/C9H13NO4/c1-3-14-9(12)6-10-5-7(13-2)4-8(10)11/h4H,3,5-6H2,1-2H3. The summed E-state index contributed by atoms with van der Waals surface area (Å²) in [6, 6.07) is 0. The van der Waals surface area contributed by atoms with Gasteiger partial charge in [-0.05, 0) is 6.92 Å². The zero-order chi connectivity index (χ0) is 10.6. The van der Waals surface area contributed by atoms with Gasteiger partial charge in [0.25, 0.3) is 5.91 Å². The average Bonchev–Trinajstić information content (AvgIpc) is 2.48. The molecular weight excluding hydrogens is 186 g/mol. The first-order valence-corrected chi connectivity index (χ1v) is 4.36. The minimum absolute atomic E-state index is 0.0178. The molecule has 0 aromatic heterocycles. The van der Waals surface area contributed by atoms with E-state index in [0.29, 0.717) is 18.9 Å². The number of nitrogens with zero attached hydrogens (tertiary/aromatic N) is 1. The van der Waals surface area contributed by atoms with Gasteiger partial charge in [0.1, 0.15) is 12.3 Å². The van der Waals surface area contributed by atoms with Crippen molar-refractivity contribution in [3.63, 3.8) is 0 Å². The summed E-state index contributed by atoms with van der Waals surface area (Å²) in [5.41, 5.74) is 0. The van der Waals surface area contributed by atoms with Crippen LogP contribution in [-0.2, 0) is 19.1 Å². The van der Waals surface area contributed by atoms with Crippen LogP contribution in [0.5, 0.6) is 0 Å². The fraction of sp³-hybridized carbons (Fsp3) is 0.556. The van der Waals surface area contributed by atoms with Gasteiger partial charge in [-0.25, -0.2) is 0 Å². The minimum atomic E-state index is -0.397. The SMILES string of the molecule is CCOC(=O)CN1CC(OC)=CC1=O. The maximum Gasteiger partial charge on any atom is 0.325 e. The maximum absolute atomic E-state index is 11.2. The van der Waals surface area contributed by atoms with Gasteiger partial charge in [-0.3, -0.25) is 9.59 Å². The lowest BCUT2D eigenvalue weighted by Crippen LogP contribution is -2.32. The summed E-state index contributed by atoms with van der Waals surface area (Å²) in [4.78, 5) is 23.7. The molecule has 0 atom stereocenters. The van der Waals surface area contributed by atoms with Crippen molar-refractivity contribution < 1.29 is 19.1 Å². The Labute approximate surface area is 82.3 Å². The first-order valence-electron chi connectivity index (χ1n) is 4.36. The lowest BCUT2D eigenvalue weighted by Gasteiger charge is -2.14. The van der Waals surface area contributed by atoms with Crippen molar-refractivity contribution in [1.82, 2.24) is 4.90 Å². The van der Waals surface area contributed by atoms with Gasteiger partial charge in [0.05, 0.1) is 20.3 Å². The lowest BCUT2D eigenvalue weighted by atomic mass is 10.5. The van der Waals surface area contributed by atoms with Gasteiger partial charge in [0.15, 0.2) is 0 Å². The van der Waals surface area contributed by atoms with Crippen LogP contribution in [0.2, 0.25) is 0 Å². The van der Waals surface area contributed by atoms with E-state index in [-0.39, 0.29) is 12.5 Å². The Kier molecular flexibility index (Phi) is 3.50. The molecule has 5 heteroatoms. The van der Waals surface area contributed by atoms with E-state index in [4.69, 9.17) is 9.47 Å². The highest BCUT2D eigenvalue weighted by Crippen LogP contribution is 2.10. The van der Waals surface area contributed by atoms with Crippen molar-refractivity contribution >= 4 is 11.9 Å². The molecule has 0 N–H and O–H groups in total. The number of esters is 1. The summed E-state index contributed by atoms with van der Waals surface area (Å²) in [5.74, 6) is -0.0409. The van der Waals surface area contributed by atoms with Gasteiger partial charge < -0.3 is 14.4 Å². The predicted octanol–water partition coefficient (Wildman–Crippen LogP) is -0.0780. The van der Waals surface area contributed by atoms with E-state index >= 15 is 0 Å². The van der Waals surface area contributed by atoms with Crippen LogP contribution in [0.4, 0.5) is 0 Å². The Bertz CT molecular complexity index is 272. The van der Waals surface area contributed by atoms with Crippen molar-refractivity contribution in [2.45, 2.75) is 6.92 Å². The van der Waals surface area contributed by atoms with Gasteiger partial charge in [0.2, 0.25) is 0 Å². The van der Waals surface area contributed by atoms with E-state index in [0.717, 1.165) is 0 Å². The summed E-state index contributed by atoms with van der Waals surface area (Å²) in [7, 11) is 1.49. The second kappa shape index (κ2) is 4.64. The Morgan fingerprint density at radius 1 is 1.64 bits per heavy atom. The number of carbonyl (C=O) groups is 2. The number of ether oxygens (including phenoxy) is 2. The van der Waals surface area contributed by atoms with E-state index in [1.165, 1.54) is 18.1 Å². The molecule has 1 rings (SSSR count). The van der Waals surface area contributed by atoms with Crippen molar-refractivity contribution in [2.24, 2.45) is 0 Å². The minimum Gasteiger partial charge on any atom is -0.499 e. The van der Waals surface area contributed by atoms with Crippen LogP contribution in [-0.4, -0.2) is 43.6 Å².